The van der Waals surface area contributed by atoms with Gasteiger partial charge in [-0.25, -0.2) is 4.98 Å². The van der Waals surface area contributed by atoms with Crippen molar-refractivity contribution in [1.82, 2.24) is 10.3 Å². The van der Waals surface area contributed by atoms with Gasteiger partial charge in [-0.2, -0.15) is 0 Å². The lowest BCUT2D eigenvalue weighted by Crippen LogP contribution is -2.26. The summed E-state index contributed by atoms with van der Waals surface area (Å²) in [5.74, 6) is 0.526. The van der Waals surface area contributed by atoms with Gasteiger partial charge in [-0.05, 0) is 50.9 Å². The van der Waals surface area contributed by atoms with Gasteiger partial charge in [-0.3, -0.25) is 10.1 Å². The van der Waals surface area contributed by atoms with Gasteiger partial charge in [0.1, 0.15) is 0 Å². The molecule has 0 unspecified atom stereocenters. The van der Waals surface area contributed by atoms with E-state index in [1.165, 1.54) is 16.2 Å². The largest absolute Gasteiger partial charge is 0.317 e. The number of thiazole rings is 1. The van der Waals surface area contributed by atoms with Gasteiger partial charge < -0.3 is 5.32 Å². The number of thiophene rings is 1. The van der Waals surface area contributed by atoms with Gasteiger partial charge in [0.2, 0.25) is 0 Å². The van der Waals surface area contributed by atoms with Gasteiger partial charge in [0.25, 0.3) is 5.91 Å². The first-order valence-corrected chi connectivity index (χ1v) is 8.40. The molecule has 0 saturated carbocycles. The molecule has 0 atom stereocenters. The van der Waals surface area contributed by atoms with Crippen LogP contribution in [0.2, 0.25) is 0 Å². The minimum atomic E-state index is -0.0608. The van der Waals surface area contributed by atoms with Crippen LogP contribution in [-0.4, -0.2) is 24.0 Å². The van der Waals surface area contributed by atoms with Gasteiger partial charge >= 0.3 is 0 Å². The van der Waals surface area contributed by atoms with Crippen molar-refractivity contribution in [3.8, 4) is 0 Å². The zero-order chi connectivity index (χ0) is 13.9. The molecule has 1 fully saturated rings. The molecule has 2 aromatic rings. The number of rotatable bonds is 3. The molecule has 20 heavy (non-hydrogen) atoms. The Labute approximate surface area is 126 Å². The maximum Gasteiger partial charge on any atom is 0.267 e. The van der Waals surface area contributed by atoms with Crippen molar-refractivity contribution in [3.05, 3.63) is 33.0 Å². The Hall–Kier alpha value is -1.24. The third-order valence-corrected chi connectivity index (χ3v) is 5.52. The van der Waals surface area contributed by atoms with Crippen LogP contribution >= 0.6 is 22.7 Å². The van der Waals surface area contributed by atoms with Crippen LogP contribution in [0.1, 0.15) is 38.2 Å². The molecule has 2 aromatic heterocycles. The van der Waals surface area contributed by atoms with Crippen molar-refractivity contribution in [2.45, 2.75) is 25.7 Å². The fourth-order valence-corrected chi connectivity index (χ4v) is 4.10. The Morgan fingerprint density at radius 3 is 2.85 bits per heavy atom. The van der Waals surface area contributed by atoms with Crippen LogP contribution in [0.5, 0.6) is 0 Å². The second-order valence-corrected chi connectivity index (χ2v) is 7.31. The van der Waals surface area contributed by atoms with E-state index in [4.69, 9.17) is 0 Å². The number of nitrogens with zero attached hydrogens (tertiary/aromatic N) is 1. The summed E-state index contributed by atoms with van der Waals surface area (Å²) in [6.45, 7) is 4.14. The second kappa shape index (κ2) is 6.03. The van der Waals surface area contributed by atoms with E-state index in [0.29, 0.717) is 11.0 Å². The molecule has 0 aliphatic carbocycles. The van der Waals surface area contributed by atoms with Crippen LogP contribution in [0.4, 0.5) is 5.13 Å². The number of carbonyl (C=O) groups excluding carboxylic acids is 1. The SMILES string of the molecule is Cc1ccc(C(=O)Nc2ncc(C3CCNCC3)s2)s1. The van der Waals surface area contributed by atoms with E-state index in [0.717, 1.165) is 35.7 Å². The number of aromatic nitrogens is 1. The van der Waals surface area contributed by atoms with Crippen LogP contribution in [0.25, 0.3) is 0 Å². The smallest absolute Gasteiger partial charge is 0.267 e. The van der Waals surface area contributed by atoms with Crippen molar-refractivity contribution in [2.75, 3.05) is 18.4 Å². The average molecular weight is 307 g/mol. The van der Waals surface area contributed by atoms with Crippen LogP contribution in [0, 0.1) is 6.92 Å². The number of carbonyl (C=O) groups is 1. The summed E-state index contributed by atoms with van der Waals surface area (Å²) in [4.78, 5) is 19.6. The number of piperidine rings is 1. The molecule has 0 radical (unpaired) electrons. The quantitative estimate of drug-likeness (QED) is 0.915. The van der Waals surface area contributed by atoms with E-state index < -0.39 is 0 Å². The van der Waals surface area contributed by atoms with E-state index in [1.54, 1.807) is 11.3 Å². The Kier molecular flexibility index (Phi) is 4.14. The molecule has 1 amide bonds. The molecule has 6 heteroatoms. The number of nitrogens with one attached hydrogen (secondary N) is 2. The summed E-state index contributed by atoms with van der Waals surface area (Å²) in [5, 5.41) is 6.96. The van der Waals surface area contributed by atoms with Crippen LogP contribution in [0.15, 0.2) is 18.3 Å². The Balaban J connectivity index is 1.66. The van der Waals surface area contributed by atoms with Crippen molar-refractivity contribution in [1.29, 1.82) is 0 Å². The van der Waals surface area contributed by atoms with Gasteiger partial charge in [-0.1, -0.05) is 0 Å². The van der Waals surface area contributed by atoms with Gasteiger partial charge in [0, 0.05) is 16.0 Å². The Morgan fingerprint density at radius 2 is 2.15 bits per heavy atom. The molecule has 1 aliphatic heterocycles. The summed E-state index contributed by atoms with van der Waals surface area (Å²) < 4.78 is 0. The molecule has 106 valence electrons. The van der Waals surface area contributed by atoms with E-state index >= 15 is 0 Å². The predicted octanol–water partition coefficient (Wildman–Crippen LogP) is 3.23. The molecule has 0 aromatic carbocycles. The first-order chi connectivity index (χ1) is 9.72. The summed E-state index contributed by atoms with van der Waals surface area (Å²) in [6, 6.07) is 3.82. The maximum atomic E-state index is 12.1. The summed E-state index contributed by atoms with van der Waals surface area (Å²) in [5.41, 5.74) is 0. The average Bonchev–Trinajstić information content (AvgIpc) is 3.09. The van der Waals surface area contributed by atoms with Crippen LogP contribution in [-0.2, 0) is 0 Å². The third kappa shape index (κ3) is 3.08. The first-order valence-electron chi connectivity index (χ1n) is 6.76. The minimum Gasteiger partial charge on any atom is -0.317 e. The van der Waals surface area contributed by atoms with E-state index in [2.05, 4.69) is 15.6 Å². The van der Waals surface area contributed by atoms with Crippen LogP contribution < -0.4 is 10.6 Å². The number of amides is 1. The molecule has 0 bridgehead atoms. The normalized spacial score (nSPS) is 16.2. The molecule has 0 spiro atoms. The number of anilines is 1. The highest BCUT2D eigenvalue weighted by Crippen LogP contribution is 2.32. The van der Waals surface area contributed by atoms with Crippen molar-refractivity contribution < 1.29 is 4.79 Å². The molecular formula is C14H17N3OS2. The molecule has 1 saturated heterocycles. The highest BCUT2D eigenvalue weighted by Gasteiger charge is 2.18. The number of aryl methyl sites for hydroxylation is 1. The lowest BCUT2D eigenvalue weighted by Gasteiger charge is -2.20. The molecule has 1 aliphatic rings. The van der Waals surface area contributed by atoms with Gasteiger partial charge in [0.05, 0.1) is 4.88 Å². The minimum absolute atomic E-state index is 0.0608. The highest BCUT2D eigenvalue weighted by atomic mass is 32.1. The lowest BCUT2D eigenvalue weighted by molar-refractivity contribution is 0.103. The predicted molar refractivity (Wildman–Crippen MR) is 84.0 cm³/mol. The summed E-state index contributed by atoms with van der Waals surface area (Å²) in [6.07, 6.45) is 4.22. The van der Waals surface area contributed by atoms with Crippen molar-refractivity contribution in [3.63, 3.8) is 0 Å². The van der Waals surface area contributed by atoms with Crippen LogP contribution in [0.3, 0.4) is 0 Å². The molecule has 3 rings (SSSR count). The maximum absolute atomic E-state index is 12.1. The fraction of sp³-hybridized carbons (Fsp3) is 0.429. The number of hydrogen-bond donors (Lipinski definition) is 2. The molecular weight excluding hydrogens is 290 g/mol. The zero-order valence-corrected chi connectivity index (χ0v) is 12.9. The monoisotopic (exact) mass is 307 g/mol. The van der Waals surface area contributed by atoms with Gasteiger partial charge in [0.15, 0.2) is 5.13 Å². The molecule has 2 N–H and O–H groups in total. The first kappa shape index (κ1) is 13.7. The standard InChI is InChI=1S/C14H17N3OS2/c1-9-2-3-11(19-9)13(18)17-14-16-8-12(20-14)10-4-6-15-7-5-10/h2-3,8,10,15H,4-7H2,1H3,(H,16,17,18). The van der Waals surface area contributed by atoms with E-state index in [1.807, 2.05) is 25.3 Å². The topological polar surface area (TPSA) is 54.0 Å². The fourth-order valence-electron chi connectivity index (χ4n) is 2.35. The van der Waals surface area contributed by atoms with E-state index in [9.17, 15) is 4.79 Å². The number of hydrogen-bond acceptors (Lipinski definition) is 5. The van der Waals surface area contributed by atoms with Crippen molar-refractivity contribution in [2.24, 2.45) is 0 Å². The van der Waals surface area contributed by atoms with Gasteiger partial charge in [-0.15, -0.1) is 22.7 Å². The van der Waals surface area contributed by atoms with Crippen molar-refractivity contribution >= 4 is 33.7 Å². The zero-order valence-electron chi connectivity index (χ0n) is 11.3. The molecule has 4 nitrogen and oxygen atoms in total. The van der Waals surface area contributed by atoms with E-state index in [-0.39, 0.29) is 5.91 Å². The molecule has 3 heterocycles. The second-order valence-electron chi connectivity index (χ2n) is 4.96. The Bertz CT molecular complexity index is 599. The third-order valence-electron chi connectivity index (χ3n) is 3.45. The Morgan fingerprint density at radius 1 is 1.35 bits per heavy atom. The highest BCUT2D eigenvalue weighted by molar-refractivity contribution is 7.16. The lowest BCUT2D eigenvalue weighted by atomic mass is 9.97. The summed E-state index contributed by atoms with van der Waals surface area (Å²) >= 11 is 3.11. The summed E-state index contributed by atoms with van der Waals surface area (Å²) in [7, 11) is 0.